The number of rotatable bonds is 7. The highest BCUT2D eigenvalue weighted by atomic mass is 15.3. The number of para-hydroxylation sites is 2. The minimum atomic E-state index is -0.302. The number of nitrogens with zero attached hydrogens (tertiary/aromatic N) is 2. The summed E-state index contributed by atoms with van der Waals surface area (Å²) in [4.78, 5) is 2.34. The molecule has 7 aromatic rings. The van der Waals surface area contributed by atoms with Crippen LogP contribution in [0.5, 0.6) is 0 Å². The van der Waals surface area contributed by atoms with Crippen LogP contribution in [0.25, 0.3) is 38.1 Å². The first-order valence-corrected chi connectivity index (χ1v) is 13.2. The van der Waals surface area contributed by atoms with Crippen molar-refractivity contribution in [3.05, 3.63) is 138 Å². The zero-order valence-electron chi connectivity index (χ0n) is 21.4. The van der Waals surface area contributed by atoms with Crippen LogP contribution in [0, 0.1) is 0 Å². The molecular formula is C34H30N4. The number of nitrogens with two attached hydrogens (primary N) is 1. The Balaban J connectivity index is 1.38. The summed E-state index contributed by atoms with van der Waals surface area (Å²) in [6, 6.07) is 43.1. The fourth-order valence-electron chi connectivity index (χ4n) is 5.98. The molecule has 0 saturated heterocycles. The molecule has 3 N–H and O–H groups in total. The average Bonchev–Trinajstić information content (AvgIpc) is 3.48. The van der Waals surface area contributed by atoms with Gasteiger partial charge in [-0.2, -0.15) is 0 Å². The van der Waals surface area contributed by atoms with E-state index < -0.39 is 0 Å². The largest absolute Gasteiger partial charge is 0.312 e. The van der Waals surface area contributed by atoms with Crippen molar-refractivity contribution in [3.8, 4) is 0 Å². The Morgan fingerprint density at radius 2 is 1.29 bits per heavy atom. The predicted octanol–water partition coefficient (Wildman–Crippen LogP) is 7.21. The van der Waals surface area contributed by atoms with Gasteiger partial charge in [-0.15, -0.1) is 0 Å². The molecule has 186 valence electrons. The molecule has 0 fully saturated rings. The minimum absolute atomic E-state index is 0.0864. The number of fused-ring (bicyclic) bond motifs is 6. The molecule has 0 saturated carbocycles. The van der Waals surface area contributed by atoms with Gasteiger partial charge in [0.2, 0.25) is 0 Å². The number of benzene rings is 5. The standard InChI is InChI=1S/C34H30N4/c1-37(22-23-11-4-2-5-12-23)34(36-33(35)24-13-6-3-7-14-24)25-19-20-27-29-17-10-16-28-26-15-8-9-18-30(26)38(32(28)29)31(27)21-25/h2-21,33-34,36H,22,35H2,1H3. The summed E-state index contributed by atoms with van der Waals surface area (Å²) >= 11 is 0. The summed E-state index contributed by atoms with van der Waals surface area (Å²) in [5.41, 5.74) is 14.0. The molecule has 5 aromatic carbocycles. The molecule has 2 atom stereocenters. The smallest absolute Gasteiger partial charge is 0.0876 e. The topological polar surface area (TPSA) is 45.7 Å². The molecule has 0 spiro atoms. The third kappa shape index (κ3) is 3.74. The highest BCUT2D eigenvalue weighted by Gasteiger charge is 2.23. The van der Waals surface area contributed by atoms with Crippen LogP contribution < -0.4 is 11.1 Å². The second kappa shape index (κ2) is 9.26. The normalized spacial score (nSPS) is 13.8. The van der Waals surface area contributed by atoms with E-state index in [-0.39, 0.29) is 12.3 Å². The van der Waals surface area contributed by atoms with Gasteiger partial charge in [-0.25, -0.2) is 0 Å². The van der Waals surface area contributed by atoms with E-state index >= 15 is 0 Å². The molecule has 0 amide bonds. The SMILES string of the molecule is CN(Cc1ccccc1)C(NC(N)c1ccccc1)c1ccc2c3cccc4c5ccccc5n(c2c1)c43. The molecule has 2 aromatic heterocycles. The van der Waals surface area contributed by atoms with Gasteiger partial charge in [-0.3, -0.25) is 10.2 Å². The van der Waals surface area contributed by atoms with Crippen LogP contribution in [-0.4, -0.2) is 16.3 Å². The molecule has 0 bridgehead atoms. The van der Waals surface area contributed by atoms with Crippen molar-refractivity contribution >= 4 is 38.1 Å². The van der Waals surface area contributed by atoms with Crippen molar-refractivity contribution < 1.29 is 0 Å². The van der Waals surface area contributed by atoms with Crippen molar-refractivity contribution in [1.82, 2.24) is 14.6 Å². The Bertz CT molecular complexity index is 1860. The van der Waals surface area contributed by atoms with Gasteiger partial charge in [-0.1, -0.05) is 109 Å². The number of hydrogen-bond acceptors (Lipinski definition) is 3. The zero-order valence-corrected chi connectivity index (χ0v) is 21.4. The molecule has 4 nitrogen and oxygen atoms in total. The lowest BCUT2D eigenvalue weighted by molar-refractivity contribution is 0.182. The van der Waals surface area contributed by atoms with Gasteiger partial charge in [0.05, 0.1) is 28.9 Å². The monoisotopic (exact) mass is 494 g/mol. The maximum Gasteiger partial charge on any atom is 0.0876 e. The van der Waals surface area contributed by atoms with Crippen LogP contribution in [0.1, 0.15) is 29.0 Å². The Labute approximate surface area is 222 Å². The number of nitrogens with one attached hydrogen (secondary N) is 1. The van der Waals surface area contributed by atoms with Gasteiger partial charge in [-0.05, 0) is 35.9 Å². The van der Waals surface area contributed by atoms with E-state index in [0.717, 1.165) is 12.1 Å². The quantitative estimate of drug-likeness (QED) is 0.230. The van der Waals surface area contributed by atoms with Crippen LogP contribution in [0.15, 0.2) is 121 Å². The van der Waals surface area contributed by atoms with E-state index in [2.05, 4.69) is 125 Å². The van der Waals surface area contributed by atoms with Crippen LogP contribution in [-0.2, 0) is 6.54 Å². The van der Waals surface area contributed by atoms with Gasteiger partial charge in [0.1, 0.15) is 0 Å². The minimum Gasteiger partial charge on any atom is -0.312 e. The fraction of sp³-hybridized carbons (Fsp3) is 0.118. The van der Waals surface area contributed by atoms with Gasteiger partial charge in [0.25, 0.3) is 0 Å². The van der Waals surface area contributed by atoms with Crippen molar-refractivity contribution in [2.75, 3.05) is 7.05 Å². The Kier molecular flexibility index (Phi) is 5.59. The first-order chi connectivity index (χ1) is 18.7. The summed E-state index contributed by atoms with van der Waals surface area (Å²) in [5, 5.41) is 8.90. The van der Waals surface area contributed by atoms with Crippen LogP contribution in [0.4, 0.5) is 0 Å². The van der Waals surface area contributed by atoms with E-state index in [4.69, 9.17) is 5.73 Å². The molecule has 0 aliphatic rings. The van der Waals surface area contributed by atoms with E-state index in [0.29, 0.717) is 0 Å². The molecular weight excluding hydrogens is 464 g/mol. The molecule has 0 aliphatic heterocycles. The highest BCUT2D eigenvalue weighted by molar-refractivity contribution is 6.23. The van der Waals surface area contributed by atoms with Gasteiger partial charge < -0.3 is 10.1 Å². The average molecular weight is 495 g/mol. The van der Waals surface area contributed by atoms with Gasteiger partial charge in [0.15, 0.2) is 0 Å². The molecule has 38 heavy (non-hydrogen) atoms. The molecule has 0 aliphatic carbocycles. The van der Waals surface area contributed by atoms with Gasteiger partial charge in [0, 0.05) is 28.1 Å². The maximum atomic E-state index is 6.72. The first kappa shape index (κ1) is 22.9. The Morgan fingerprint density at radius 1 is 0.658 bits per heavy atom. The van der Waals surface area contributed by atoms with E-state index in [9.17, 15) is 0 Å². The lowest BCUT2D eigenvalue weighted by Crippen LogP contribution is -2.40. The third-order valence-corrected chi connectivity index (χ3v) is 7.78. The Morgan fingerprint density at radius 3 is 2.05 bits per heavy atom. The fourth-order valence-corrected chi connectivity index (χ4v) is 5.98. The lowest BCUT2D eigenvalue weighted by Gasteiger charge is -2.32. The molecule has 2 heterocycles. The van der Waals surface area contributed by atoms with Crippen molar-refractivity contribution in [1.29, 1.82) is 0 Å². The molecule has 2 unspecified atom stereocenters. The summed E-state index contributed by atoms with van der Waals surface area (Å²) in [6.45, 7) is 0.800. The molecule has 4 heteroatoms. The second-order valence-electron chi connectivity index (χ2n) is 10.2. The van der Waals surface area contributed by atoms with Crippen molar-refractivity contribution in [2.24, 2.45) is 5.73 Å². The molecule has 7 rings (SSSR count). The predicted molar refractivity (Wildman–Crippen MR) is 158 cm³/mol. The maximum absolute atomic E-state index is 6.72. The Hall–Kier alpha value is -4.22. The van der Waals surface area contributed by atoms with Crippen LogP contribution in [0.2, 0.25) is 0 Å². The summed E-state index contributed by atoms with van der Waals surface area (Å²) in [6.07, 6.45) is -0.388. The van der Waals surface area contributed by atoms with E-state index in [1.807, 2.05) is 18.2 Å². The summed E-state index contributed by atoms with van der Waals surface area (Å²) in [5.74, 6) is 0. The molecule has 0 radical (unpaired) electrons. The summed E-state index contributed by atoms with van der Waals surface area (Å²) in [7, 11) is 2.16. The van der Waals surface area contributed by atoms with Crippen molar-refractivity contribution in [3.63, 3.8) is 0 Å². The first-order valence-electron chi connectivity index (χ1n) is 13.2. The zero-order chi connectivity index (χ0) is 25.6. The number of aromatic nitrogens is 1. The van der Waals surface area contributed by atoms with Crippen molar-refractivity contribution in [2.45, 2.75) is 18.9 Å². The van der Waals surface area contributed by atoms with E-state index in [1.54, 1.807) is 0 Å². The van der Waals surface area contributed by atoms with Crippen LogP contribution in [0.3, 0.4) is 0 Å². The number of hydrogen-bond donors (Lipinski definition) is 2. The van der Waals surface area contributed by atoms with E-state index in [1.165, 1.54) is 49.2 Å². The lowest BCUT2D eigenvalue weighted by atomic mass is 10.0. The summed E-state index contributed by atoms with van der Waals surface area (Å²) < 4.78 is 2.43. The second-order valence-corrected chi connectivity index (χ2v) is 10.2. The van der Waals surface area contributed by atoms with Crippen LogP contribution >= 0.6 is 0 Å². The van der Waals surface area contributed by atoms with Gasteiger partial charge >= 0.3 is 0 Å². The third-order valence-electron chi connectivity index (χ3n) is 7.78. The highest BCUT2D eigenvalue weighted by Crippen LogP contribution is 2.39.